The van der Waals surface area contributed by atoms with Crippen LogP contribution in [0, 0.1) is 0 Å². The summed E-state index contributed by atoms with van der Waals surface area (Å²) in [4.78, 5) is 26.7. The molecule has 490 valence electrons. The fourth-order valence-corrected chi connectivity index (χ4v) is 10.4. The Labute approximate surface area is 520 Å². The summed E-state index contributed by atoms with van der Waals surface area (Å²) in [7, 11) is 0. The molecule has 8 atom stereocenters. The van der Waals surface area contributed by atoms with Crippen molar-refractivity contribution < 1.29 is 49.3 Å². The zero-order valence-corrected chi connectivity index (χ0v) is 54.5. The average Bonchev–Trinajstić information content (AvgIpc) is 3.63. The van der Waals surface area contributed by atoms with E-state index in [1.807, 2.05) is 6.08 Å². The zero-order valence-electron chi connectivity index (χ0n) is 54.5. The van der Waals surface area contributed by atoms with Gasteiger partial charge < -0.3 is 45.1 Å². The van der Waals surface area contributed by atoms with E-state index in [2.05, 4.69) is 111 Å². The normalized spacial score (nSPS) is 19.0. The first-order chi connectivity index (χ1) is 41.7. The molecule has 0 aromatic carbocycles. The van der Waals surface area contributed by atoms with Gasteiger partial charge >= 0.3 is 5.97 Å². The predicted octanol–water partition coefficient (Wildman–Crippen LogP) is 17.8. The molecule has 1 rings (SSSR count). The number of amides is 1. The average molecular weight is 1190 g/mol. The van der Waals surface area contributed by atoms with Crippen molar-refractivity contribution in [2.45, 2.75) is 346 Å². The number of aliphatic hydroxyl groups is 5. The van der Waals surface area contributed by atoms with Crippen molar-refractivity contribution in [2.24, 2.45) is 0 Å². The highest BCUT2D eigenvalue weighted by atomic mass is 16.7. The Kier molecular flexibility index (Phi) is 57.0. The summed E-state index contributed by atoms with van der Waals surface area (Å²) in [5, 5.41) is 57.2. The van der Waals surface area contributed by atoms with Crippen molar-refractivity contribution >= 4 is 11.9 Å². The van der Waals surface area contributed by atoms with Gasteiger partial charge in [0.05, 0.1) is 25.4 Å². The van der Waals surface area contributed by atoms with Crippen LogP contribution in [0.1, 0.15) is 297 Å². The summed E-state index contributed by atoms with van der Waals surface area (Å²) < 4.78 is 17.7. The molecule has 0 saturated carbocycles. The van der Waals surface area contributed by atoms with Crippen molar-refractivity contribution in [3.63, 3.8) is 0 Å². The Hall–Kier alpha value is -3.42. The summed E-state index contributed by atoms with van der Waals surface area (Å²) >= 11 is 0. The Morgan fingerprint density at radius 3 is 1.24 bits per heavy atom. The Balaban J connectivity index is 2.59. The topological polar surface area (TPSA) is 175 Å². The number of ether oxygens (including phenoxy) is 3. The van der Waals surface area contributed by atoms with Crippen LogP contribution in [0.3, 0.4) is 0 Å². The molecule has 1 aliphatic heterocycles. The van der Waals surface area contributed by atoms with E-state index in [0.717, 1.165) is 116 Å². The van der Waals surface area contributed by atoms with Crippen LogP contribution in [-0.4, -0.2) is 99.6 Å². The van der Waals surface area contributed by atoms with E-state index in [9.17, 15) is 35.1 Å². The first-order valence-electron chi connectivity index (χ1n) is 35.0. The van der Waals surface area contributed by atoms with Gasteiger partial charge in [-0.2, -0.15) is 0 Å². The van der Waals surface area contributed by atoms with Gasteiger partial charge in [-0.15, -0.1) is 0 Å². The van der Waals surface area contributed by atoms with Crippen LogP contribution in [0.4, 0.5) is 0 Å². The number of hydrogen-bond acceptors (Lipinski definition) is 10. The first kappa shape index (κ1) is 79.6. The second-order valence-electron chi connectivity index (χ2n) is 23.9. The molecule has 0 aliphatic carbocycles. The number of allylic oxidation sites excluding steroid dienone is 15. The number of aliphatic hydroxyl groups excluding tert-OH is 5. The van der Waals surface area contributed by atoms with Gasteiger partial charge in [0.25, 0.3) is 0 Å². The molecule has 85 heavy (non-hydrogen) atoms. The molecule has 8 unspecified atom stereocenters. The molecular formula is C74H129NO10. The van der Waals surface area contributed by atoms with Gasteiger partial charge in [0.1, 0.15) is 24.4 Å². The van der Waals surface area contributed by atoms with Gasteiger partial charge in [-0.1, -0.05) is 279 Å². The van der Waals surface area contributed by atoms with Gasteiger partial charge in [0, 0.05) is 6.42 Å². The molecule has 0 spiro atoms. The summed E-state index contributed by atoms with van der Waals surface area (Å²) in [6.07, 6.45) is 71.5. The van der Waals surface area contributed by atoms with E-state index in [4.69, 9.17) is 14.2 Å². The van der Waals surface area contributed by atoms with Gasteiger partial charge in [-0.25, -0.2) is 0 Å². The van der Waals surface area contributed by atoms with Crippen LogP contribution >= 0.6 is 0 Å². The minimum atomic E-state index is -1.62. The highest BCUT2D eigenvalue weighted by Gasteiger charge is 2.47. The molecule has 0 aromatic heterocycles. The van der Waals surface area contributed by atoms with Gasteiger partial charge in [0.15, 0.2) is 12.4 Å². The van der Waals surface area contributed by atoms with Crippen LogP contribution in [-0.2, 0) is 23.8 Å². The lowest BCUT2D eigenvalue weighted by atomic mass is 9.99. The fourth-order valence-electron chi connectivity index (χ4n) is 10.4. The van der Waals surface area contributed by atoms with Crippen LogP contribution < -0.4 is 5.32 Å². The zero-order chi connectivity index (χ0) is 61.7. The van der Waals surface area contributed by atoms with Gasteiger partial charge in [-0.3, -0.25) is 9.59 Å². The number of carbonyl (C=O) groups excluding carboxylic acids is 2. The van der Waals surface area contributed by atoms with Gasteiger partial charge in [0.2, 0.25) is 5.91 Å². The standard InChI is InChI=1S/C74H129NO10/c1-4-7-10-13-16-19-22-24-26-28-30-32-34-36-38-40-42-44-47-50-53-56-59-62-69(79)85-72-71(81)70(80)68(63-76)84-74(72)83-64-65(66(77)60-57-54-51-48-45-21-18-15-12-9-6-3)75-73(82)67(78)61-58-55-52-49-46-43-41-39-37-35-33-31-29-27-25-23-20-17-14-11-8-5-2/h16-17,19-20,24-27,30-33,37,39,57,60,65-68,70-72,74,76-78,80-81H,4-15,18,21-23,28-29,34-36,38,40-56,58-59,61-64H2,1-3H3,(H,75,82)/b19-16-,20-17-,26-24-,27-25-,32-30-,33-31-,39-37-,60-57+. The van der Waals surface area contributed by atoms with Crippen LogP contribution in [0.5, 0.6) is 0 Å². The third kappa shape index (κ3) is 48.2. The van der Waals surface area contributed by atoms with Crippen LogP contribution in [0.25, 0.3) is 0 Å². The molecule has 1 fully saturated rings. The summed E-state index contributed by atoms with van der Waals surface area (Å²) in [6, 6.07) is -1.04. The number of hydrogen-bond donors (Lipinski definition) is 6. The quantitative estimate of drug-likeness (QED) is 0.0195. The number of nitrogens with one attached hydrogen (secondary N) is 1. The Morgan fingerprint density at radius 1 is 0.459 bits per heavy atom. The van der Waals surface area contributed by atoms with E-state index in [0.29, 0.717) is 12.8 Å². The summed E-state index contributed by atoms with van der Waals surface area (Å²) in [5.74, 6) is -1.21. The minimum absolute atomic E-state index is 0.114. The Morgan fingerprint density at radius 2 is 0.812 bits per heavy atom. The first-order valence-corrected chi connectivity index (χ1v) is 35.0. The molecule has 6 N–H and O–H groups in total. The Bertz CT molecular complexity index is 1750. The lowest BCUT2D eigenvalue weighted by Crippen LogP contribution is -2.61. The molecule has 1 aliphatic rings. The van der Waals surface area contributed by atoms with Crippen molar-refractivity contribution in [2.75, 3.05) is 13.2 Å². The van der Waals surface area contributed by atoms with Crippen molar-refractivity contribution in [1.29, 1.82) is 0 Å². The number of unbranched alkanes of at least 4 members (excludes halogenated alkanes) is 31. The molecule has 0 aromatic rings. The number of rotatable bonds is 59. The third-order valence-electron chi connectivity index (χ3n) is 16.0. The predicted molar refractivity (Wildman–Crippen MR) is 356 cm³/mol. The van der Waals surface area contributed by atoms with Crippen LogP contribution in [0.15, 0.2) is 97.2 Å². The largest absolute Gasteiger partial charge is 0.454 e. The molecule has 11 heteroatoms. The van der Waals surface area contributed by atoms with E-state index < -0.39 is 67.4 Å². The van der Waals surface area contributed by atoms with E-state index in [1.165, 1.54) is 135 Å². The highest BCUT2D eigenvalue weighted by molar-refractivity contribution is 5.80. The monoisotopic (exact) mass is 1190 g/mol. The highest BCUT2D eigenvalue weighted by Crippen LogP contribution is 2.26. The fraction of sp³-hybridized carbons (Fsp3) is 0.757. The van der Waals surface area contributed by atoms with Crippen molar-refractivity contribution in [3.8, 4) is 0 Å². The molecule has 1 amide bonds. The van der Waals surface area contributed by atoms with Crippen molar-refractivity contribution in [3.05, 3.63) is 97.2 Å². The third-order valence-corrected chi connectivity index (χ3v) is 16.0. The second-order valence-corrected chi connectivity index (χ2v) is 23.9. The maximum absolute atomic E-state index is 13.5. The molecule has 1 saturated heterocycles. The maximum atomic E-state index is 13.5. The number of carbonyl (C=O) groups is 2. The molecule has 0 radical (unpaired) electrons. The molecule has 0 bridgehead atoms. The molecule has 11 nitrogen and oxygen atoms in total. The SMILES string of the molecule is CCCCC/C=C\C/C=C\C/C=C\C/C=C\CCCCCCCCC(O)C(=O)NC(COC1OC(CO)C(O)C(O)C1OC(=O)CCCCCCCCCCCC/C=C\C/C=C\C/C=C\CCCCC)C(O)/C=C/CCCCCCCCCCC. The van der Waals surface area contributed by atoms with E-state index in [-0.39, 0.29) is 19.4 Å². The summed E-state index contributed by atoms with van der Waals surface area (Å²) in [5.41, 5.74) is 0. The minimum Gasteiger partial charge on any atom is -0.454 e. The van der Waals surface area contributed by atoms with Crippen LogP contribution in [0.2, 0.25) is 0 Å². The van der Waals surface area contributed by atoms with E-state index >= 15 is 0 Å². The molecular weight excluding hydrogens is 1060 g/mol. The lowest BCUT2D eigenvalue weighted by molar-refractivity contribution is -0.305. The second kappa shape index (κ2) is 60.8. The lowest BCUT2D eigenvalue weighted by Gasteiger charge is -2.41. The van der Waals surface area contributed by atoms with Crippen molar-refractivity contribution in [1.82, 2.24) is 5.32 Å². The maximum Gasteiger partial charge on any atom is 0.306 e. The van der Waals surface area contributed by atoms with E-state index in [1.54, 1.807) is 6.08 Å². The number of esters is 1. The summed E-state index contributed by atoms with van der Waals surface area (Å²) in [6.45, 7) is 5.74. The smallest absolute Gasteiger partial charge is 0.306 e. The van der Waals surface area contributed by atoms with Gasteiger partial charge in [-0.05, 0) is 109 Å². The molecule has 1 heterocycles.